The van der Waals surface area contributed by atoms with Gasteiger partial charge in [0.25, 0.3) is 0 Å². The largest absolute Gasteiger partial charge is 0.496 e. The number of benzene rings is 3. The minimum absolute atomic E-state index is 0.0653. The number of methoxy groups -OCH3 is 3. The highest BCUT2D eigenvalue weighted by molar-refractivity contribution is 7.71. The van der Waals surface area contributed by atoms with Gasteiger partial charge < -0.3 is 14.2 Å². The van der Waals surface area contributed by atoms with Crippen molar-refractivity contribution in [1.82, 2.24) is 0 Å². The maximum Gasteiger partial charge on any atom is 0.459 e. The molecule has 0 aliphatic rings. The molecule has 0 fully saturated rings. The van der Waals surface area contributed by atoms with E-state index in [1.54, 1.807) is 50.2 Å². The maximum atomic E-state index is 13.5. The number of hydrogen-bond donors (Lipinski definition) is 0. The lowest BCUT2D eigenvalue weighted by atomic mass is 9.97. The van der Waals surface area contributed by atoms with Crippen LogP contribution in [0.1, 0.15) is 37.4 Å². The molecule has 32 heavy (non-hydrogen) atoms. The Hall–Kier alpha value is -3.50. The summed E-state index contributed by atoms with van der Waals surface area (Å²) >= 11 is 0. The summed E-state index contributed by atoms with van der Waals surface area (Å²) in [6.45, 7) is 3.48. The van der Waals surface area contributed by atoms with Crippen molar-refractivity contribution in [3.05, 3.63) is 82.4 Å². The standard InChI is InChI=1S/C25H24O6P/c1-15-11-12-19(23(26)17-9-7-6-8-10-17)16(2)24(15)32(28)25(27)22-20(30-4)13-18(29-3)14-21(22)31-5/h6-14H,1-5H3/q+1. The lowest BCUT2D eigenvalue weighted by molar-refractivity contribution is 0.103. The van der Waals surface area contributed by atoms with Gasteiger partial charge in [-0.15, -0.1) is 0 Å². The zero-order chi connectivity index (χ0) is 23.4. The highest BCUT2D eigenvalue weighted by Gasteiger charge is 2.41. The van der Waals surface area contributed by atoms with E-state index < -0.39 is 13.3 Å². The van der Waals surface area contributed by atoms with E-state index in [1.165, 1.54) is 33.5 Å². The molecule has 0 bridgehead atoms. The van der Waals surface area contributed by atoms with Crippen molar-refractivity contribution < 1.29 is 28.4 Å². The van der Waals surface area contributed by atoms with Crippen molar-refractivity contribution in [2.24, 2.45) is 0 Å². The molecule has 0 saturated carbocycles. The normalized spacial score (nSPS) is 11.0. The van der Waals surface area contributed by atoms with Crippen LogP contribution in [0.15, 0.2) is 54.6 Å². The van der Waals surface area contributed by atoms with Gasteiger partial charge in [0.1, 0.15) is 17.2 Å². The number of hydrogen-bond acceptors (Lipinski definition) is 6. The smallest absolute Gasteiger partial charge is 0.459 e. The Bertz CT molecular complexity index is 1180. The second-order valence-corrected chi connectivity index (χ2v) is 8.55. The molecule has 0 aliphatic heterocycles. The first kappa shape index (κ1) is 23.2. The minimum atomic E-state index is -2.56. The molecule has 0 aromatic heterocycles. The SMILES string of the molecule is COc1cc(OC)c(C(=O)[P+](=O)c2c(C)ccc(C(=O)c3ccccc3)c2C)c(OC)c1. The number of carbonyl (C=O) groups excluding carboxylic acids is 2. The average Bonchev–Trinajstić information content (AvgIpc) is 2.82. The first-order chi connectivity index (χ1) is 15.3. The summed E-state index contributed by atoms with van der Waals surface area (Å²) in [6, 6.07) is 15.3. The van der Waals surface area contributed by atoms with E-state index in [1.807, 2.05) is 6.07 Å². The molecule has 3 aromatic carbocycles. The van der Waals surface area contributed by atoms with Crippen LogP contribution in [0, 0.1) is 13.8 Å². The van der Waals surface area contributed by atoms with E-state index in [9.17, 15) is 14.2 Å². The summed E-state index contributed by atoms with van der Waals surface area (Å²) in [4.78, 5) is 26.4. The predicted octanol–water partition coefficient (Wildman–Crippen LogP) is 4.85. The van der Waals surface area contributed by atoms with Crippen LogP contribution in [-0.4, -0.2) is 32.6 Å². The molecule has 0 spiro atoms. The molecule has 0 amide bonds. The van der Waals surface area contributed by atoms with E-state index in [0.29, 0.717) is 33.3 Å². The zero-order valence-electron chi connectivity index (χ0n) is 18.6. The Labute approximate surface area is 187 Å². The number of rotatable bonds is 8. The van der Waals surface area contributed by atoms with E-state index in [2.05, 4.69) is 0 Å². The number of ketones is 1. The number of carbonyl (C=O) groups is 2. The molecular weight excluding hydrogens is 427 g/mol. The Kier molecular flexibility index (Phi) is 7.06. The summed E-state index contributed by atoms with van der Waals surface area (Å²) in [5, 5.41) is 0.340. The van der Waals surface area contributed by atoms with Gasteiger partial charge in [-0.25, -0.2) is 4.79 Å². The quantitative estimate of drug-likeness (QED) is 0.360. The molecule has 0 aliphatic carbocycles. The molecular formula is C25H24O6P+. The van der Waals surface area contributed by atoms with Crippen molar-refractivity contribution in [3.63, 3.8) is 0 Å². The molecule has 1 atom stereocenters. The molecule has 0 N–H and O–H groups in total. The average molecular weight is 451 g/mol. The lowest BCUT2D eigenvalue weighted by Gasteiger charge is -2.12. The molecule has 3 rings (SSSR count). The second kappa shape index (κ2) is 9.75. The molecule has 164 valence electrons. The zero-order valence-corrected chi connectivity index (χ0v) is 19.5. The molecule has 1 unspecified atom stereocenters. The summed E-state index contributed by atoms with van der Waals surface area (Å²) in [5.74, 6) is 0.635. The van der Waals surface area contributed by atoms with Crippen LogP contribution >= 0.6 is 7.80 Å². The van der Waals surface area contributed by atoms with Crippen LogP contribution in [0.2, 0.25) is 0 Å². The number of aryl methyl sites for hydroxylation is 1. The van der Waals surface area contributed by atoms with Crippen LogP contribution < -0.4 is 19.5 Å². The molecule has 0 saturated heterocycles. The molecule has 0 heterocycles. The minimum Gasteiger partial charge on any atom is -0.496 e. The Morgan fingerprint density at radius 2 is 1.41 bits per heavy atom. The van der Waals surface area contributed by atoms with Crippen molar-refractivity contribution in [2.75, 3.05) is 21.3 Å². The van der Waals surface area contributed by atoms with Gasteiger partial charge in [-0.1, -0.05) is 47.0 Å². The van der Waals surface area contributed by atoms with Crippen molar-refractivity contribution in [3.8, 4) is 17.2 Å². The molecule has 7 heteroatoms. The van der Waals surface area contributed by atoms with Gasteiger partial charge >= 0.3 is 13.3 Å². The molecule has 6 nitrogen and oxygen atoms in total. The third-order valence-corrected chi connectivity index (χ3v) is 6.92. The van der Waals surface area contributed by atoms with E-state index >= 15 is 0 Å². The fraction of sp³-hybridized carbons (Fsp3) is 0.200. The maximum absolute atomic E-state index is 13.5. The topological polar surface area (TPSA) is 78.9 Å². The van der Waals surface area contributed by atoms with Gasteiger partial charge in [-0.05, 0) is 13.8 Å². The van der Waals surface area contributed by atoms with Gasteiger partial charge in [0.2, 0.25) is 5.30 Å². The molecule has 3 aromatic rings. The number of ether oxygens (including phenoxy) is 3. The van der Waals surface area contributed by atoms with E-state index in [-0.39, 0.29) is 22.8 Å². The summed E-state index contributed by atoms with van der Waals surface area (Å²) in [5.41, 5.74) is 1.52. The third-order valence-electron chi connectivity index (χ3n) is 5.23. The lowest BCUT2D eigenvalue weighted by Crippen LogP contribution is -2.17. The van der Waals surface area contributed by atoms with Crippen LogP contribution in [0.3, 0.4) is 0 Å². The van der Waals surface area contributed by atoms with Crippen molar-refractivity contribution >= 4 is 24.4 Å². The van der Waals surface area contributed by atoms with Crippen molar-refractivity contribution in [1.29, 1.82) is 0 Å². The fourth-order valence-electron chi connectivity index (χ4n) is 3.56. The summed E-state index contributed by atoms with van der Waals surface area (Å²) < 4.78 is 29.5. The van der Waals surface area contributed by atoms with Gasteiger partial charge in [-0.2, -0.15) is 0 Å². The monoisotopic (exact) mass is 451 g/mol. The molecule has 0 radical (unpaired) electrons. The van der Waals surface area contributed by atoms with Crippen LogP contribution in [0.5, 0.6) is 17.2 Å². The van der Waals surface area contributed by atoms with Gasteiger partial charge in [0.05, 0.1) is 21.3 Å². The summed E-state index contributed by atoms with van der Waals surface area (Å²) in [6.07, 6.45) is 0. The van der Waals surface area contributed by atoms with E-state index in [4.69, 9.17) is 14.2 Å². The first-order valence-electron chi connectivity index (χ1n) is 9.85. The van der Waals surface area contributed by atoms with Crippen molar-refractivity contribution in [2.45, 2.75) is 13.8 Å². The second-order valence-electron chi connectivity index (χ2n) is 7.11. The van der Waals surface area contributed by atoms with Crippen LogP contribution in [0.4, 0.5) is 0 Å². The third kappa shape index (κ3) is 4.27. The predicted molar refractivity (Wildman–Crippen MR) is 123 cm³/mol. The Morgan fingerprint density at radius 1 is 0.812 bits per heavy atom. The highest BCUT2D eigenvalue weighted by atomic mass is 31.1. The van der Waals surface area contributed by atoms with Gasteiger partial charge in [0, 0.05) is 34.4 Å². The van der Waals surface area contributed by atoms with E-state index in [0.717, 1.165) is 0 Å². The van der Waals surface area contributed by atoms with Gasteiger partial charge in [-0.3, -0.25) is 4.79 Å². The fourth-order valence-corrected chi connectivity index (χ4v) is 5.01. The van der Waals surface area contributed by atoms with Gasteiger partial charge in [0.15, 0.2) is 11.3 Å². The van der Waals surface area contributed by atoms with Crippen LogP contribution in [-0.2, 0) is 4.57 Å². The van der Waals surface area contributed by atoms with Crippen LogP contribution in [0.25, 0.3) is 0 Å². The Balaban J connectivity index is 2.11. The summed E-state index contributed by atoms with van der Waals surface area (Å²) in [7, 11) is 1.74. The first-order valence-corrected chi connectivity index (χ1v) is 11.1. The highest BCUT2D eigenvalue weighted by Crippen LogP contribution is 2.41. The Morgan fingerprint density at radius 3 is 1.94 bits per heavy atom.